The number of hydrogen-bond acceptors (Lipinski definition) is 4. The fourth-order valence-electron chi connectivity index (χ4n) is 2.50. The molecule has 1 saturated carbocycles. The Morgan fingerprint density at radius 3 is 2.89 bits per heavy atom. The fraction of sp³-hybridized carbons (Fsp3) is 0.714. The van der Waals surface area contributed by atoms with Gasteiger partial charge in [0.15, 0.2) is 5.13 Å². The summed E-state index contributed by atoms with van der Waals surface area (Å²) in [5.74, 6) is 0.889. The van der Waals surface area contributed by atoms with E-state index < -0.39 is 5.97 Å². The minimum Gasteiger partial charge on any atom is -0.481 e. The van der Waals surface area contributed by atoms with Crippen molar-refractivity contribution in [2.45, 2.75) is 45.4 Å². The van der Waals surface area contributed by atoms with E-state index in [2.05, 4.69) is 17.2 Å². The minimum absolute atomic E-state index is 0.156. The highest BCUT2D eigenvalue weighted by atomic mass is 32.1. The summed E-state index contributed by atoms with van der Waals surface area (Å²) in [4.78, 5) is 14.9. The Morgan fingerprint density at radius 2 is 2.21 bits per heavy atom. The molecule has 0 saturated heterocycles. The number of aryl methyl sites for hydroxylation is 1. The highest BCUT2D eigenvalue weighted by Crippen LogP contribution is 2.28. The molecule has 0 bridgehead atoms. The monoisotopic (exact) mass is 282 g/mol. The molecule has 0 atom stereocenters. The summed E-state index contributed by atoms with van der Waals surface area (Å²) in [7, 11) is 0. The fourth-order valence-corrected chi connectivity index (χ4v) is 3.26. The van der Waals surface area contributed by atoms with E-state index in [0.717, 1.165) is 29.2 Å². The number of aromatic nitrogens is 1. The van der Waals surface area contributed by atoms with Crippen molar-refractivity contribution in [2.24, 2.45) is 11.8 Å². The van der Waals surface area contributed by atoms with E-state index >= 15 is 0 Å². The molecular formula is C14H22N2O2S. The molecule has 0 radical (unpaired) electrons. The van der Waals surface area contributed by atoms with Gasteiger partial charge in [0.1, 0.15) is 0 Å². The highest BCUT2D eigenvalue weighted by Gasteiger charge is 2.18. The van der Waals surface area contributed by atoms with Gasteiger partial charge in [-0.3, -0.25) is 4.79 Å². The topological polar surface area (TPSA) is 62.2 Å². The number of hydrogen-bond donors (Lipinski definition) is 2. The third-order valence-corrected chi connectivity index (χ3v) is 4.67. The summed E-state index contributed by atoms with van der Waals surface area (Å²) < 4.78 is 0. The predicted octanol–water partition coefficient (Wildman–Crippen LogP) is 3.40. The number of carbonyl (C=O) groups is 1. The average molecular weight is 282 g/mol. The van der Waals surface area contributed by atoms with Gasteiger partial charge < -0.3 is 10.4 Å². The summed E-state index contributed by atoms with van der Waals surface area (Å²) in [6, 6.07) is 0. The summed E-state index contributed by atoms with van der Waals surface area (Å²) in [6.45, 7) is 3.33. The molecule has 106 valence electrons. The van der Waals surface area contributed by atoms with Crippen molar-refractivity contribution in [2.75, 3.05) is 11.9 Å². The molecule has 1 fully saturated rings. The van der Waals surface area contributed by atoms with Crippen molar-refractivity contribution in [3.8, 4) is 0 Å². The SMILES string of the molecule is CC1CCC(CNc2nc(CCC(=O)O)cs2)CC1. The van der Waals surface area contributed by atoms with E-state index in [4.69, 9.17) is 5.11 Å². The molecule has 1 aromatic rings. The van der Waals surface area contributed by atoms with Gasteiger partial charge in [-0.05, 0) is 24.7 Å². The van der Waals surface area contributed by atoms with Crippen LogP contribution in [0.4, 0.5) is 5.13 Å². The Bertz CT molecular complexity index is 411. The van der Waals surface area contributed by atoms with E-state index in [1.54, 1.807) is 11.3 Å². The third-order valence-electron chi connectivity index (χ3n) is 3.82. The van der Waals surface area contributed by atoms with Gasteiger partial charge in [-0.25, -0.2) is 4.98 Å². The van der Waals surface area contributed by atoms with Crippen LogP contribution < -0.4 is 5.32 Å². The maximum atomic E-state index is 10.5. The Labute approximate surface area is 118 Å². The summed E-state index contributed by atoms with van der Waals surface area (Å²) in [5.41, 5.74) is 0.882. The molecular weight excluding hydrogens is 260 g/mol. The van der Waals surface area contributed by atoms with Crippen LogP contribution in [0.1, 0.15) is 44.7 Å². The number of aliphatic carboxylic acids is 1. The van der Waals surface area contributed by atoms with Crippen molar-refractivity contribution in [3.05, 3.63) is 11.1 Å². The van der Waals surface area contributed by atoms with E-state index in [1.165, 1.54) is 25.7 Å². The van der Waals surface area contributed by atoms with Crippen LogP contribution in [0.25, 0.3) is 0 Å². The summed E-state index contributed by atoms with van der Waals surface area (Å²) in [5, 5.41) is 14.9. The molecule has 4 nitrogen and oxygen atoms in total. The van der Waals surface area contributed by atoms with Crippen LogP contribution in [0.3, 0.4) is 0 Å². The van der Waals surface area contributed by atoms with Crippen molar-refractivity contribution >= 4 is 22.4 Å². The van der Waals surface area contributed by atoms with Gasteiger partial charge in [-0.2, -0.15) is 0 Å². The van der Waals surface area contributed by atoms with Crippen LogP contribution in [0.2, 0.25) is 0 Å². The number of anilines is 1. The van der Waals surface area contributed by atoms with Crippen LogP contribution in [-0.4, -0.2) is 22.6 Å². The molecule has 1 aliphatic rings. The summed E-state index contributed by atoms with van der Waals surface area (Å²) in [6.07, 6.45) is 5.98. The van der Waals surface area contributed by atoms with Crippen molar-refractivity contribution < 1.29 is 9.90 Å². The van der Waals surface area contributed by atoms with Crippen LogP contribution in [0.15, 0.2) is 5.38 Å². The molecule has 1 aliphatic carbocycles. The van der Waals surface area contributed by atoms with E-state index in [9.17, 15) is 4.79 Å². The van der Waals surface area contributed by atoms with Gasteiger partial charge >= 0.3 is 5.97 Å². The Kier molecular flexibility index (Phi) is 5.19. The first-order chi connectivity index (χ1) is 9.13. The second-order valence-electron chi connectivity index (χ2n) is 5.54. The largest absolute Gasteiger partial charge is 0.481 e. The number of carboxylic acids is 1. The number of thiazole rings is 1. The summed E-state index contributed by atoms with van der Waals surface area (Å²) >= 11 is 1.58. The van der Waals surface area contributed by atoms with Crippen molar-refractivity contribution in [1.82, 2.24) is 4.98 Å². The molecule has 1 aromatic heterocycles. The molecule has 0 aromatic carbocycles. The zero-order valence-electron chi connectivity index (χ0n) is 11.4. The average Bonchev–Trinajstić information content (AvgIpc) is 2.84. The standard InChI is InChI=1S/C14H22N2O2S/c1-10-2-4-11(5-3-10)8-15-14-16-12(9-19-14)6-7-13(17)18/h9-11H,2-8H2,1H3,(H,15,16)(H,17,18). The maximum Gasteiger partial charge on any atom is 0.303 e. The number of nitrogens with zero attached hydrogens (tertiary/aromatic N) is 1. The third kappa shape index (κ3) is 4.82. The van der Waals surface area contributed by atoms with Gasteiger partial charge in [0.2, 0.25) is 0 Å². The smallest absolute Gasteiger partial charge is 0.303 e. The first kappa shape index (κ1) is 14.3. The van der Waals surface area contributed by atoms with Gasteiger partial charge in [0.05, 0.1) is 12.1 Å². The highest BCUT2D eigenvalue weighted by molar-refractivity contribution is 7.13. The van der Waals surface area contributed by atoms with Crippen molar-refractivity contribution in [1.29, 1.82) is 0 Å². The molecule has 5 heteroatoms. The molecule has 0 unspecified atom stereocenters. The zero-order valence-corrected chi connectivity index (χ0v) is 12.2. The first-order valence-electron chi connectivity index (χ1n) is 7.03. The normalized spacial score (nSPS) is 23.2. The quantitative estimate of drug-likeness (QED) is 0.839. The lowest BCUT2D eigenvalue weighted by Gasteiger charge is -2.26. The van der Waals surface area contributed by atoms with Gasteiger partial charge in [0.25, 0.3) is 0 Å². The molecule has 19 heavy (non-hydrogen) atoms. The second kappa shape index (κ2) is 6.89. The molecule has 2 N–H and O–H groups in total. The molecule has 1 heterocycles. The minimum atomic E-state index is -0.765. The number of nitrogens with one attached hydrogen (secondary N) is 1. The van der Waals surface area contributed by atoms with Crippen LogP contribution >= 0.6 is 11.3 Å². The lowest BCUT2D eigenvalue weighted by molar-refractivity contribution is -0.136. The molecule has 2 rings (SSSR count). The Balaban J connectivity index is 1.72. The molecule has 0 aliphatic heterocycles. The first-order valence-corrected chi connectivity index (χ1v) is 7.91. The lowest BCUT2D eigenvalue weighted by atomic mass is 9.83. The molecule has 0 spiro atoms. The van der Waals surface area contributed by atoms with E-state index in [0.29, 0.717) is 6.42 Å². The number of carboxylic acid groups (broad SMARTS) is 1. The van der Waals surface area contributed by atoms with Gasteiger partial charge in [-0.1, -0.05) is 19.8 Å². The number of rotatable bonds is 6. The van der Waals surface area contributed by atoms with Gasteiger partial charge in [-0.15, -0.1) is 11.3 Å². The van der Waals surface area contributed by atoms with E-state index in [-0.39, 0.29) is 6.42 Å². The maximum absolute atomic E-state index is 10.5. The second-order valence-corrected chi connectivity index (χ2v) is 6.40. The predicted molar refractivity (Wildman–Crippen MR) is 77.7 cm³/mol. The van der Waals surface area contributed by atoms with Crippen LogP contribution in [-0.2, 0) is 11.2 Å². The van der Waals surface area contributed by atoms with Crippen LogP contribution in [0.5, 0.6) is 0 Å². The van der Waals surface area contributed by atoms with Gasteiger partial charge in [0, 0.05) is 18.3 Å². The zero-order chi connectivity index (χ0) is 13.7. The Hall–Kier alpha value is -1.10. The molecule has 0 amide bonds. The Morgan fingerprint density at radius 1 is 1.47 bits per heavy atom. The van der Waals surface area contributed by atoms with E-state index in [1.807, 2.05) is 5.38 Å². The van der Waals surface area contributed by atoms with Crippen molar-refractivity contribution in [3.63, 3.8) is 0 Å². The van der Waals surface area contributed by atoms with Crippen LogP contribution in [0, 0.1) is 11.8 Å². The lowest BCUT2D eigenvalue weighted by Crippen LogP contribution is -2.20.